The van der Waals surface area contributed by atoms with E-state index in [9.17, 15) is 4.79 Å². The van der Waals surface area contributed by atoms with Gasteiger partial charge in [0.05, 0.1) is 19.1 Å². The molecular formula is C19H27Cl3N4O2. The first kappa shape index (κ1) is 24.7. The van der Waals surface area contributed by atoms with Crippen molar-refractivity contribution in [2.24, 2.45) is 5.73 Å². The lowest BCUT2D eigenvalue weighted by Crippen LogP contribution is -2.43. The third-order valence-corrected chi connectivity index (χ3v) is 5.39. The van der Waals surface area contributed by atoms with Crippen molar-refractivity contribution in [2.45, 2.75) is 37.8 Å². The molecule has 2 aliphatic heterocycles. The molecule has 1 aromatic heterocycles. The Morgan fingerprint density at radius 1 is 1.29 bits per heavy atom. The number of fused-ring (bicyclic) bond motifs is 3. The Morgan fingerprint density at radius 2 is 2.04 bits per heavy atom. The number of likely N-dealkylation sites (tertiary alicyclic amines) is 1. The minimum absolute atomic E-state index is 0. The Bertz CT molecular complexity index is 799. The van der Waals surface area contributed by atoms with Crippen LogP contribution in [-0.2, 0) is 28.8 Å². The number of para-hydroxylation sites is 1. The molecule has 2 aromatic rings. The van der Waals surface area contributed by atoms with Gasteiger partial charge in [0.25, 0.3) is 0 Å². The molecule has 0 radical (unpaired) electrons. The molecule has 4 rings (SSSR count). The number of nitrogens with two attached hydrogens (primary N) is 1. The number of methoxy groups -OCH3 is 1. The second kappa shape index (κ2) is 10.5. The van der Waals surface area contributed by atoms with Crippen LogP contribution in [0.3, 0.4) is 0 Å². The number of ether oxygens (including phenoxy) is 1. The predicted molar refractivity (Wildman–Crippen MR) is 116 cm³/mol. The van der Waals surface area contributed by atoms with E-state index in [1.165, 1.54) is 24.1 Å². The van der Waals surface area contributed by atoms with Crippen LogP contribution in [0.1, 0.15) is 23.4 Å². The Balaban J connectivity index is 0.00000131. The Morgan fingerprint density at radius 3 is 2.71 bits per heavy atom. The van der Waals surface area contributed by atoms with Crippen molar-refractivity contribution in [1.29, 1.82) is 0 Å². The van der Waals surface area contributed by atoms with E-state index < -0.39 is 0 Å². The largest absolute Gasteiger partial charge is 0.468 e. The molecule has 0 unspecified atom stereocenters. The van der Waals surface area contributed by atoms with Gasteiger partial charge in [0.2, 0.25) is 0 Å². The van der Waals surface area contributed by atoms with Gasteiger partial charge in [-0.25, -0.2) is 4.98 Å². The molecule has 1 fully saturated rings. The third kappa shape index (κ3) is 4.63. The fourth-order valence-corrected chi connectivity index (χ4v) is 4.04. The summed E-state index contributed by atoms with van der Waals surface area (Å²) in [6.07, 6.45) is 5.32. The van der Waals surface area contributed by atoms with E-state index in [4.69, 9.17) is 10.5 Å². The highest BCUT2D eigenvalue weighted by Crippen LogP contribution is 2.27. The van der Waals surface area contributed by atoms with Gasteiger partial charge in [-0.15, -0.1) is 37.2 Å². The van der Waals surface area contributed by atoms with Crippen LogP contribution in [0.15, 0.2) is 30.6 Å². The summed E-state index contributed by atoms with van der Waals surface area (Å²) in [5.74, 6) is -0.202. The summed E-state index contributed by atoms with van der Waals surface area (Å²) in [7, 11) is 1.45. The van der Waals surface area contributed by atoms with E-state index >= 15 is 0 Å². The zero-order chi connectivity index (χ0) is 17.4. The molecule has 6 nitrogen and oxygen atoms in total. The zero-order valence-corrected chi connectivity index (χ0v) is 18.2. The number of esters is 1. The van der Waals surface area contributed by atoms with E-state index in [0.717, 1.165) is 38.0 Å². The summed E-state index contributed by atoms with van der Waals surface area (Å²) in [5.41, 5.74) is 10.8. The maximum Gasteiger partial charge on any atom is 0.323 e. The van der Waals surface area contributed by atoms with Crippen LogP contribution in [0.4, 0.5) is 0 Å². The number of nitrogens with zero attached hydrogens (tertiary/aromatic N) is 3. The number of aromatic nitrogens is 2. The van der Waals surface area contributed by atoms with Crippen LogP contribution in [0.25, 0.3) is 5.69 Å². The molecule has 9 heteroatoms. The molecule has 1 aromatic carbocycles. The van der Waals surface area contributed by atoms with Gasteiger partial charge in [-0.3, -0.25) is 9.69 Å². The predicted octanol–water partition coefficient (Wildman–Crippen LogP) is 2.35. The van der Waals surface area contributed by atoms with Gasteiger partial charge >= 0.3 is 5.97 Å². The molecule has 1 saturated heterocycles. The number of rotatable bonds is 4. The summed E-state index contributed by atoms with van der Waals surface area (Å²) < 4.78 is 7.22. The van der Waals surface area contributed by atoms with Crippen LogP contribution >= 0.6 is 37.2 Å². The SMILES string of the molecule is COC(=O)[C@H](Cc1ncn2c1CCc1ccccc1-2)N1CC[C@H](N)C1.Cl.Cl.Cl. The fourth-order valence-electron chi connectivity index (χ4n) is 4.04. The fraction of sp³-hybridized carbons (Fsp3) is 0.474. The molecule has 0 saturated carbocycles. The van der Waals surface area contributed by atoms with Crippen molar-refractivity contribution in [3.8, 4) is 5.69 Å². The topological polar surface area (TPSA) is 73.4 Å². The first-order valence-corrected chi connectivity index (χ1v) is 8.88. The minimum atomic E-state index is -0.310. The Hall–Kier alpha value is -1.31. The number of benzene rings is 1. The second-order valence-electron chi connectivity index (χ2n) is 6.92. The lowest BCUT2D eigenvalue weighted by atomic mass is 9.98. The van der Waals surface area contributed by atoms with Gasteiger partial charge in [-0.2, -0.15) is 0 Å². The average Bonchev–Trinajstić information content (AvgIpc) is 3.25. The van der Waals surface area contributed by atoms with Gasteiger partial charge in [-0.05, 0) is 30.9 Å². The lowest BCUT2D eigenvalue weighted by molar-refractivity contribution is -0.146. The minimum Gasteiger partial charge on any atom is -0.468 e. The van der Waals surface area contributed by atoms with Crippen LogP contribution in [-0.4, -0.2) is 52.7 Å². The van der Waals surface area contributed by atoms with Crippen molar-refractivity contribution in [3.63, 3.8) is 0 Å². The first-order valence-electron chi connectivity index (χ1n) is 8.88. The zero-order valence-electron chi connectivity index (χ0n) is 15.7. The van der Waals surface area contributed by atoms with Gasteiger partial charge < -0.3 is 15.0 Å². The quantitative estimate of drug-likeness (QED) is 0.725. The number of aryl methyl sites for hydroxylation is 1. The van der Waals surface area contributed by atoms with Crippen molar-refractivity contribution in [2.75, 3.05) is 20.2 Å². The van der Waals surface area contributed by atoms with E-state index in [-0.39, 0.29) is 55.3 Å². The standard InChI is InChI=1S/C19H24N4O2.3ClH/c1-25-19(24)18(22-9-8-14(20)11-22)10-15-17-7-6-13-4-2-3-5-16(13)23(17)12-21-15;;;/h2-5,12,14,18H,6-11,20H2,1H3;3*1H/t14-,18-;;;/m0.../s1. The van der Waals surface area contributed by atoms with E-state index in [1.54, 1.807) is 0 Å². The summed E-state index contributed by atoms with van der Waals surface area (Å²) in [6.45, 7) is 1.57. The Labute approximate surface area is 184 Å². The molecule has 3 heterocycles. The summed E-state index contributed by atoms with van der Waals surface area (Å²) >= 11 is 0. The van der Waals surface area contributed by atoms with Crippen molar-refractivity contribution in [3.05, 3.63) is 47.5 Å². The molecule has 0 aliphatic carbocycles. The van der Waals surface area contributed by atoms with Gasteiger partial charge in [-0.1, -0.05) is 18.2 Å². The molecule has 0 amide bonds. The van der Waals surface area contributed by atoms with E-state index in [0.29, 0.717) is 6.42 Å². The van der Waals surface area contributed by atoms with Gasteiger partial charge in [0.1, 0.15) is 6.04 Å². The summed E-state index contributed by atoms with van der Waals surface area (Å²) in [5, 5.41) is 0. The molecular weight excluding hydrogens is 423 g/mol. The van der Waals surface area contributed by atoms with E-state index in [2.05, 4.69) is 38.7 Å². The molecule has 0 spiro atoms. The lowest BCUT2D eigenvalue weighted by Gasteiger charge is -2.26. The van der Waals surface area contributed by atoms with Crippen LogP contribution in [0.5, 0.6) is 0 Å². The summed E-state index contributed by atoms with van der Waals surface area (Å²) in [6, 6.07) is 8.24. The number of carbonyl (C=O) groups excluding carboxylic acids is 1. The Kier molecular flexibility index (Phi) is 9.24. The number of halogens is 3. The monoisotopic (exact) mass is 448 g/mol. The summed E-state index contributed by atoms with van der Waals surface area (Å²) in [4.78, 5) is 19.1. The van der Waals surface area contributed by atoms with Crippen LogP contribution in [0, 0.1) is 0 Å². The van der Waals surface area contributed by atoms with E-state index in [1.807, 2.05) is 6.33 Å². The van der Waals surface area contributed by atoms with Gasteiger partial charge in [0.15, 0.2) is 0 Å². The number of carbonyl (C=O) groups is 1. The number of hydrogen-bond donors (Lipinski definition) is 1. The maximum absolute atomic E-state index is 12.4. The highest BCUT2D eigenvalue weighted by molar-refractivity contribution is 5.86. The average molecular weight is 450 g/mol. The molecule has 28 heavy (non-hydrogen) atoms. The van der Waals surface area contributed by atoms with Crippen molar-refractivity contribution >= 4 is 43.2 Å². The van der Waals surface area contributed by atoms with Crippen LogP contribution < -0.4 is 5.73 Å². The molecule has 2 N–H and O–H groups in total. The third-order valence-electron chi connectivity index (χ3n) is 5.39. The molecule has 2 aliphatic rings. The first-order chi connectivity index (χ1) is 12.2. The highest BCUT2D eigenvalue weighted by atomic mass is 35.5. The van der Waals surface area contributed by atoms with Gasteiger partial charge in [0, 0.05) is 36.9 Å². The number of hydrogen-bond acceptors (Lipinski definition) is 5. The molecule has 0 bridgehead atoms. The van der Waals surface area contributed by atoms with Crippen LogP contribution in [0.2, 0.25) is 0 Å². The number of imidazole rings is 1. The molecule has 2 atom stereocenters. The maximum atomic E-state index is 12.4. The van der Waals surface area contributed by atoms with Crippen molar-refractivity contribution < 1.29 is 9.53 Å². The second-order valence-corrected chi connectivity index (χ2v) is 6.92. The van der Waals surface area contributed by atoms with Crippen molar-refractivity contribution in [1.82, 2.24) is 14.5 Å². The molecule has 156 valence electrons. The normalized spacial score (nSPS) is 18.6. The highest BCUT2D eigenvalue weighted by Gasteiger charge is 2.33. The smallest absolute Gasteiger partial charge is 0.323 e.